The first-order chi connectivity index (χ1) is 15.9. The summed E-state index contributed by atoms with van der Waals surface area (Å²) in [7, 11) is 0. The van der Waals surface area contributed by atoms with Gasteiger partial charge in [-0.25, -0.2) is 9.18 Å². The van der Waals surface area contributed by atoms with Crippen molar-refractivity contribution in [1.82, 2.24) is 0 Å². The van der Waals surface area contributed by atoms with Crippen molar-refractivity contribution in [1.29, 1.82) is 0 Å². The highest BCUT2D eigenvalue weighted by Gasteiger charge is 2.36. The first-order valence-corrected chi connectivity index (χ1v) is 10.9. The number of benzene rings is 2. The highest BCUT2D eigenvalue weighted by Crippen LogP contribution is 2.26. The van der Waals surface area contributed by atoms with Crippen LogP contribution in [-0.2, 0) is 19.1 Å². The quantitative estimate of drug-likeness (QED) is 0.306. The normalized spacial score (nSPS) is 15.4. The topological polar surface area (TPSA) is 90.0 Å². The van der Waals surface area contributed by atoms with Gasteiger partial charge in [-0.1, -0.05) is 19.8 Å². The van der Waals surface area contributed by atoms with Crippen LogP contribution in [-0.4, -0.2) is 43.4 Å². The molecular weight excluding hydrogens is 429 g/mol. The number of unbranched alkanes of at least 4 members (excludes halogenated alkanes) is 2. The highest BCUT2D eigenvalue weighted by atomic mass is 19.1. The van der Waals surface area contributed by atoms with Crippen molar-refractivity contribution in [2.75, 3.05) is 24.7 Å². The van der Waals surface area contributed by atoms with Crippen molar-refractivity contribution in [3.63, 3.8) is 0 Å². The summed E-state index contributed by atoms with van der Waals surface area (Å²) in [5.41, 5.74) is 1.18. The number of amides is 1. The van der Waals surface area contributed by atoms with Crippen molar-refractivity contribution < 1.29 is 33.0 Å². The van der Waals surface area contributed by atoms with Gasteiger partial charge in [0.1, 0.15) is 5.82 Å². The van der Waals surface area contributed by atoms with E-state index in [1.54, 1.807) is 24.3 Å². The predicted molar refractivity (Wildman–Crippen MR) is 118 cm³/mol. The molecule has 8 heteroatoms. The fourth-order valence-corrected chi connectivity index (χ4v) is 3.47. The van der Waals surface area contributed by atoms with Crippen LogP contribution < -0.4 is 4.90 Å². The van der Waals surface area contributed by atoms with Gasteiger partial charge in [0.2, 0.25) is 5.91 Å². The average molecular weight is 455 g/mol. The predicted octanol–water partition coefficient (Wildman–Crippen LogP) is 3.95. The second kappa shape index (κ2) is 11.4. The van der Waals surface area contributed by atoms with Crippen molar-refractivity contribution in [3.8, 4) is 0 Å². The Labute approximate surface area is 191 Å². The molecule has 7 nitrogen and oxygen atoms in total. The van der Waals surface area contributed by atoms with Crippen LogP contribution in [0.1, 0.15) is 53.3 Å². The van der Waals surface area contributed by atoms with Gasteiger partial charge in [0.15, 0.2) is 12.4 Å². The number of carbonyl (C=O) groups is 4. The van der Waals surface area contributed by atoms with Crippen LogP contribution in [0, 0.1) is 11.7 Å². The molecule has 0 unspecified atom stereocenters. The number of nitrogens with zero attached hydrogens (tertiary/aromatic N) is 1. The minimum Gasteiger partial charge on any atom is -0.462 e. The molecule has 1 aliphatic rings. The van der Waals surface area contributed by atoms with E-state index < -0.39 is 36.1 Å². The number of hydrogen-bond donors (Lipinski definition) is 0. The standard InChI is InChI=1S/C25H26FNO6/c1-2-3-4-13-32-24(30)18-7-11-21(12-8-18)27-15-19(14-23(27)29)25(31)33-16-22(28)17-5-9-20(26)10-6-17/h5-12,19H,2-4,13-16H2,1H3/t19-/m0/s1. The lowest BCUT2D eigenvalue weighted by Crippen LogP contribution is -2.27. The Balaban J connectivity index is 1.51. The van der Waals surface area contributed by atoms with Crippen LogP contribution in [0.4, 0.5) is 10.1 Å². The van der Waals surface area contributed by atoms with E-state index >= 15 is 0 Å². The van der Waals surface area contributed by atoms with Gasteiger partial charge < -0.3 is 14.4 Å². The third-order valence-corrected chi connectivity index (χ3v) is 5.37. The summed E-state index contributed by atoms with van der Waals surface area (Å²) < 4.78 is 23.3. The Morgan fingerprint density at radius 1 is 0.970 bits per heavy atom. The number of anilines is 1. The van der Waals surface area contributed by atoms with Gasteiger partial charge in [0, 0.05) is 24.2 Å². The molecule has 0 radical (unpaired) electrons. The maximum Gasteiger partial charge on any atom is 0.338 e. The lowest BCUT2D eigenvalue weighted by molar-refractivity contribution is -0.147. The molecule has 0 aliphatic carbocycles. The zero-order valence-electron chi connectivity index (χ0n) is 18.4. The maximum atomic E-state index is 13.0. The smallest absolute Gasteiger partial charge is 0.338 e. The molecule has 1 aliphatic heterocycles. The minimum atomic E-state index is -0.707. The largest absolute Gasteiger partial charge is 0.462 e. The van der Waals surface area contributed by atoms with Crippen LogP contribution in [0.2, 0.25) is 0 Å². The van der Waals surface area contributed by atoms with E-state index in [2.05, 4.69) is 6.92 Å². The minimum absolute atomic E-state index is 0.0369. The van der Waals surface area contributed by atoms with Crippen LogP contribution >= 0.6 is 0 Å². The second-order valence-electron chi connectivity index (χ2n) is 7.83. The molecule has 1 amide bonds. The lowest BCUT2D eigenvalue weighted by atomic mass is 10.1. The van der Waals surface area contributed by atoms with Gasteiger partial charge in [0.05, 0.1) is 18.1 Å². The van der Waals surface area contributed by atoms with E-state index in [0.29, 0.717) is 17.9 Å². The van der Waals surface area contributed by atoms with E-state index in [-0.39, 0.29) is 24.4 Å². The van der Waals surface area contributed by atoms with Crippen molar-refractivity contribution in [2.45, 2.75) is 32.6 Å². The van der Waals surface area contributed by atoms with E-state index in [0.717, 1.165) is 31.4 Å². The van der Waals surface area contributed by atoms with Gasteiger partial charge in [-0.3, -0.25) is 14.4 Å². The Hall–Kier alpha value is -3.55. The maximum absolute atomic E-state index is 13.0. The summed E-state index contributed by atoms with van der Waals surface area (Å²) in [5.74, 6) is -2.95. The molecule has 3 rings (SSSR count). The number of hydrogen-bond acceptors (Lipinski definition) is 6. The molecule has 0 saturated carbocycles. The summed E-state index contributed by atoms with van der Waals surface area (Å²) in [6.07, 6.45) is 2.81. The summed E-state index contributed by atoms with van der Waals surface area (Å²) in [4.78, 5) is 50.4. The Morgan fingerprint density at radius 3 is 2.30 bits per heavy atom. The van der Waals surface area contributed by atoms with Gasteiger partial charge in [0.25, 0.3) is 0 Å². The van der Waals surface area contributed by atoms with Crippen LogP contribution in [0.5, 0.6) is 0 Å². The molecule has 2 aromatic carbocycles. The van der Waals surface area contributed by atoms with E-state index in [1.165, 1.54) is 17.0 Å². The fourth-order valence-electron chi connectivity index (χ4n) is 3.47. The molecule has 1 heterocycles. The zero-order chi connectivity index (χ0) is 23.8. The number of ether oxygens (including phenoxy) is 2. The van der Waals surface area contributed by atoms with E-state index in [1.807, 2.05) is 0 Å². The van der Waals surface area contributed by atoms with Crippen LogP contribution in [0.3, 0.4) is 0 Å². The summed E-state index contributed by atoms with van der Waals surface area (Å²) in [5, 5.41) is 0. The second-order valence-corrected chi connectivity index (χ2v) is 7.83. The number of rotatable bonds is 10. The Morgan fingerprint density at radius 2 is 1.64 bits per heavy atom. The summed E-state index contributed by atoms with van der Waals surface area (Å²) in [6.45, 7) is 2.07. The van der Waals surface area contributed by atoms with Gasteiger partial charge in [-0.05, 0) is 55.0 Å². The average Bonchev–Trinajstić information content (AvgIpc) is 3.22. The summed E-state index contributed by atoms with van der Waals surface area (Å²) in [6, 6.07) is 11.4. The molecular formula is C25H26FNO6. The molecule has 33 heavy (non-hydrogen) atoms. The third kappa shape index (κ3) is 6.47. The van der Waals surface area contributed by atoms with E-state index in [9.17, 15) is 23.6 Å². The molecule has 2 aromatic rings. The lowest BCUT2D eigenvalue weighted by Gasteiger charge is -2.17. The first kappa shape index (κ1) is 24.1. The first-order valence-electron chi connectivity index (χ1n) is 10.9. The molecule has 0 spiro atoms. The molecule has 1 saturated heterocycles. The highest BCUT2D eigenvalue weighted by molar-refractivity contribution is 6.01. The monoisotopic (exact) mass is 455 g/mol. The summed E-state index contributed by atoms with van der Waals surface area (Å²) >= 11 is 0. The molecule has 1 atom stereocenters. The molecule has 0 bridgehead atoms. The number of halogens is 1. The SMILES string of the molecule is CCCCCOC(=O)c1ccc(N2C[C@@H](C(=O)OCC(=O)c3ccc(F)cc3)CC2=O)cc1. The van der Waals surface area contributed by atoms with Gasteiger partial charge in [-0.2, -0.15) is 0 Å². The van der Waals surface area contributed by atoms with Crippen LogP contribution in [0.25, 0.3) is 0 Å². The Bertz CT molecular complexity index is 1000. The fraction of sp³-hybridized carbons (Fsp3) is 0.360. The molecule has 0 N–H and O–H groups in total. The number of carbonyl (C=O) groups excluding carboxylic acids is 4. The number of ketones is 1. The van der Waals surface area contributed by atoms with Crippen molar-refractivity contribution >= 4 is 29.3 Å². The zero-order valence-corrected chi connectivity index (χ0v) is 18.4. The molecule has 0 aromatic heterocycles. The van der Waals surface area contributed by atoms with E-state index in [4.69, 9.17) is 9.47 Å². The van der Waals surface area contributed by atoms with Crippen molar-refractivity contribution in [3.05, 3.63) is 65.5 Å². The molecule has 1 fully saturated rings. The van der Waals surface area contributed by atoms with Gasteiger partial charge >= 0.3 is 11.9 Å². The van der Waals surface area contributed by atoms with Crippen LogP contribution in [0.15, 0.2) is 48.5 Å². The van der Waals surface area contributed by atoms with Crippen molar-refractivity contribution in [2.24, 2.45) is 5.92 Å². The van der Waals surface area contributed by atoms with Gasteiger partial charge in [-0.15, -0.1) is 0 Å². The third-order valence-electron chi connectivity index (χ3n) is 5.37. The Kier molecular flexibility index (Phi) is 8.29. The number of esters is 2. The number of Topliss-reactive ketones (excluding diaryl/α,β-unsaturated/α-hetero) is 1. The molecule has 174 valence electrons.